The maximum Gasteiger partial charge on any atom is 0.264 e. The molecule has 0 bridgehead atoms. The summed E-state index contributed by atoms with van der Waals surface area (Å²) in [6.07, 6.45) is 0.560. The van der Waals surface area contributed by atoms with Crippen molar-refractivity contribution < 1.29 is 17.9 Å². The first-order valence-corrected chi connectivity index (χ1v) is 13.3. The van der Waals surface area contributed by atoms with Crippen LogP contribution in [0.15, 0.2) is 71.6 Å². The number of halogens is 1. The second kappa shape index (κ2) is 9.43. The Kier molecular flexibility index (Phi) is 6.34. The molecule has 0 saturated carbocycles. The van der Waals surface area contributed by atoms with Crippen LogP contribution in [-0.2, 0) is 16.4 Å². The van der Waals surface area contributed by atoms with Gasteiger partial charge < -0.3 is 14.5 Å². The molecule has 2 heterocycles. The SMILES string of the molecule is COc1ccccc1N1CCN(C(=O)c2ccc3c(c2)CCN3S(=O)(=O)c2ccc(Cl)cc2)CC1. The van der Waals surface area contributed by atoms with Gasteiger partial charge in [-0.15, -0.1) is 0 Å². The smallest absolute Gasteiger partial charge is 0.264 e. The number of sulfonamides is 1. The summed E-state index contributed by atoms with van der Waals surface area (Å²) in [6.45, 7) is 2.97. The van der Waals surface area contributed by atoms with Crippen LogP contribution >= 0.6 is 11.6 Å². The number of hydrogen-bond donors (Lipinski definition) is 0. The lowest BCUT2D eigenvalue weighted by Gasteiger charge is -2.36. The minimum atomic E-state index is -3.70. The lowest BCUT2D eigenvalue weighted by Crippen LogP contribution is -2.48. The van der Waals surface area contributed by atoms with Crippen molar-refractivity contribution in [3.63, 3.8) is 0 Å². The van der Waals surface area contributed by atoms with E-state index in [1.807, 2.05) is 35.2 Å². The molecule has 0 aromatic heterocycles. The number of para-hydroxylation sites is 2. The predicted molar refractivity (Wildman–Crippen MR) is 137 cm³/mol. The van der Waals surface area contributed by atoms with E-state index < -0.39 is 10.0 Å². The summed E-state index contributed by atoms with van der Waals surface area (Å²) in [7, 11) is -2.04. The van der Waals surface area contributed by atoms with E-state index in [0.29, 0.717) is 55.4 Å². The fourth-order valence-corrected chi connectivity index (χ4v) is 6.34. The molecule has 1 saturated heterocycles. The number of fused-ring (bicyclic) bond motifs is 1. The van der Waals surface area contributed by atoms with Gasteiger partial charge in [0.1, 0.15) is 5.75 Å². The van der Waals surface area contributed by atoms with Gasteiger partial charge in [-0.1, -0.05) is 23.7 Å². The summed E-state index contributed by atoms with van der Waals surface area (Å²) in [5.41, 5.74) is 3.10. The molecule has 3 aromatic carbocycles. The lowest BCUT2D eigenvalue weighted by atomic mass is 10.1. The average Bonchev–Trinajstić information content (AvgIpc) is 3.33. The molecule has 9 heteroatoms. The molecular weight excluding hydrogens is 486 g/mol. The van der Waals surface area contributed by atoms with Crippen molar-refractivity contribution in [3.05, 3.63) is 82.9 Å². The number of methoxy groups -OCH3 is 1. The third-order valence-electron chi connectivity index (χ3n) is 6.57. The Bertz CT molecular complexity index is 1350. The highest BCUT2D eigenvalue weighted by molar-refractivity contribution is 7.92. The van der Waals surface area contributed by atoms with E-state index in [1.54, 1.807) is 31.4 Å². The van der Waals surface area contributed by atoms with Crippen LogP contribution in [0.4, 0.5) is 11.4 Å². The van der Waals surface area contributed by atoms with Crippen LogP contribution in [0.3, 0.4) is 0 Å². The Labute approximate surface area is 210 Å². The van der Waals surface area contributed by atoms with Gasteiger partial charge in [0, 0.05) is 43.3 Å². The van der Waals surface area contributed by atoms with Gasteiger partial charge in [0.25, 0.3) is 15.9 Å². The number of amides is 1. The van der Waals surface area contributed by atoms with Crippen LogP contribution in [0.1, 0.15) is 15.9 Å². The van der Waals surface area contributed by atoms with E-state index in [0.717, 1.165) is 17.0 Å². The zero-order valence-corrected chi connectivity index (χ0v) is 20.9. The minimum Gasteiger partial charge on any atom is -0.495 e. The normalized spacial score (nSPS) is 15.8. The number of carbonyl (C=O) groups excluding carboxylic acids is 1. The summed E-state index contributed by atoms with van der Waals surface area (Å²) < 4.78 is 33.2. The fourth-order valence-electron chi connectivity index (χ4n) is 4.71. The summed E-state index contributed by atoms with van der Waals surface area (Å²) in [6, 6.07) is 19.4. The van der Waals surface area contributed by atoms with Crippen molar-refractivity contribution in [2.24, 2.45) is 0 Å². The molecule has 2 aliphatic rings. The van der Waals surface area contributed by atoms with Crippen molar-refractivity contribution in [2.75, 3.05) is 49.0 Å². The molecule has 0 aliphatic carbocycles. The largest absolute Gasteiger partial charge is 0.495 e. The van der Waals surface area contributed by atoms with Crippen molar-refractivity contribution in [3.8, 4) is 5.75 Å². The summed E-state index contributed by atoms with van der Waals surface area (Å²) in [5.74, 6) is 0.787. The predicted octanol–water partition coefficient (Wildman–Crippen LogP) is 4.06. The molecule has 3 aromatic rings. The third-order valence-corrected chi connectivity index (χ3v) is 8.65. The Morgan fingerprint density at radius 1 is 0.886 bits per heavy atom. The van der Waals surface area contributed by atoms with Gasteiger partial charge in [0.15, 0.2) is 0 Å². The highest BCUT2D eigenvalue weighted by Gasteiger charge is 2.32. The van der Waals surface area contributed by atoms with Crippen LogP contribution in [0, 0.1) is 0 Å². The van der Waals surface area contributed by atoms with E-state index in [2.05, 4.69) is 4.90 Å². The molecule has 5 rings (SSSR count). The summed E-state index contributed by atoms with van der Waals surface area (Å²) in [4.78, 5) is 17.5. The Balaban J connectivity index is 1.29. The molecule has 0 atom stereocenters. The van der Waals surface area contributed by atoms with Gasteiger partial charge in [-0.05, 0) is 66.6 Å². The Hall–Kier alpha value is -3.23. The second-order valence-electron chi connectivity index (χ2n) is 8.58. The van der Waals surface area contributed by atoms with Crippen LogP contribution in [-0.4, -0.2) is 59.1 Å². The molecular formula is C26H26ClN3O4S. The monoisotopic (exact) mass is 511 g/mol. The highest BCUT2D eigenvalue weighted by atomic mass is 35.5. The summed E-state index contributed by atoms with van der Waals surface area (Å²) in [5, 5.41) is 0.484. The number of benzene rings is 3. The molecule has 1 fully saturated rings. The zero-order valence-electron chi connectivity index (χ0n) is 19.4. The molecule has 7 nitrogen and oxygen atoms in total. The van der Waals surface area contributed by atoms with Gasteiger partial charge in [-0.25, -0.2) is 8.42 Å². The van der Waals surface area contributed by atoms with Crippen LogP contribution in [0.5, 0.6) is 5.75 Å². The Morgan fingerprint density at radius 3 is 2.31 bits per heavy atom. The first-order valence-electron chi connectivity index (χ1n) is 11.5. The van der Waals surface area contributed by atoms with Gasteiger partial charge >= 0.3 is 0 Å². The molecule has 2 aliphatic heterocycles. The first kappa shape index (κ1) is 23.5. The van der Waals surface area contributed by atoms with E-state index in [-0.39, 0.29) is 10.8 Å². The van der Waals surface area contributed by atoms with Gasteiger partial charge in [0.2, 0.25) is 0 Å². The standard InChI is InChI=1S/C26H26ClN3O4S/c1-34-25-5-3-2-4-24(25)28-14-16-29(17-15-28)26(31)20-6-11-23-19(18-20)12-13-30(23)35(32,33)22-9-7-21(27)8-10-22/h2-11,18H,12-17H2,1H3. The molecule has 182 valence electrons. The van der Waals surface area contributed by atoms with Crippen molar-refractivity contribution in [1.82, 2.24) is 4.90 Å². The van der Waals surface area contributed by atoms with E-state index in [9.17, 15) is 13.2 Å². The quantitative estimate of drug-likeness (QED) is 0.516. The molecule has 0 spiro atoms. The van der Waals surface area contributed by atoms with Crippen LogP contribution < -0.4 is 13.9 Å². The Morgan fingerprint density at radius 2 is 1.60 bits per heavy atom. The number of carbonyl (C=O) groups is 1. The van der Waals surface area contributed by atoms with Crippen molar-refractivity contribution >= 4 is 38.9 Å². The number of rotatable bonds is 5. The first-order chi connectivity index (χ1) is 16.9. The van der Waals surface area contributed by atoms with Gasteiger partial charge in [-0.2, -0.15) is 0 Å². The fraction of sp³-hybridized carbons (Fsp3) is 0.269. The average molecular weight is 512 g/mol. The maximum atomic E-state index is 13.2. The zero-order chi connectivity index (χ0) is 24.6. The van der Waals surface area contributed by atoms with E-state index in [1.165, 1.54) is 16.4 Å². The van der Waals surface area contributed by atoms with Crippen LogP contribution in [0.2, 0.25) is 5.02 Å². The number of ether oxygens (including phenoxy) is 1. The van der Waals surface area contributed by atoms with Gasteiger partial charge in [-0.3, -0.25) is 9.10 Å². The van der Waals surface area contributed by atoms with Gasteiger partial charge in [0.05, 0.1) is 23.4 Å². The lowest BCUT2D eigenvalue weighted by molar-refractivity contribution is 0.0746. The third kappa shape index (κ3) is 4.44. The number of hydrogen-bond acceptors (Lipinski definition) is 5. The molecule has 1 amide bonds. The molecule has 0 unspecified atom stereocenters. The second-order valence-corrected chi connectivity index (χ2v) is 10.9. The minimum absolute atomic E-state index is 0.0357. The molecule has 0 radical (unpaired) electrons. The van der Waals surface area contributed by atoms with E-state index >= 15 is 0 Å². The topological polar surface area (TPSA) is 70.2 Å². The molecule has 35 heavy (non-hydrogen) atoms. The number of piperazine rings is 1. The van der Waals surface area contributed by atoms with Crippen LogP contribution in [0.25, 0.3) is 0 Å². The summed E-state index contributed by atoms with van der Waals surface area (Å²) >= 11 is 5.91. The number of nitrogens with zero attached hydrogens (tertiary/aromatic N) is 3. The van der Waals surface area contributed by atoms with E-state index in [4.69, 9.17) is 16.3 Å². The molecule has 0 N–H and O–H groups in total. The van der Waals surface area contributed by atoms with Crippen molar-refractivity contribution in [2.45, 2.75) is 11.3 Å². The number of anilines is 2. The highest BCUT2D eigenvalue weighted by Crippen LogP contribution is 2.34. The maximum absolute atomic E-state index is 13.2. The van der Waals surface area contributed by atoms with Crippen molar-refractivity contribution in [1.29, 1.82) is 0 Å².